The molecule has 19 heavy (non-hydrogen) atoms. The smallest absolute Gasteiger partial charge is 0.327 e. The number of nitrogens with one attached hydrogen (secondary N) is 1. The van der Waals surface area contributed by atoms with Crippen LogP contribution in [-0.4, -0.2) is 27.4 Å². The molecule has 1 aromatic heterocycles. The van der Waals surface area contributed by atoms with E-state index in [1.54, 1.807) is 0 Å². The lowest BCUT2D eigenvalue weighted by molar-refractivity contribution is -0.131. The van der Waals surface area contributed by atoms with Crippen LogP contribution in [0.4, 0.5) is 13.2 Å². The number of thioether (sulfide) groups is 1. The second kappa shape index (κ2) is 6.42. The topological polar surface area (TPSA) is 71.8 Å². The van der Waals surface area contributed by atoms with Crippen LogP contribution in [0.2, 0.25) is 0 Å². The van der Waals surface area contributed by atoms with Crippen LogP contribution in [-0.2, 0) is 6.42 Å². The summed E-state index contributed by atoms with van der Waals surface area (Å²) in [5.41, 5.74) is 5.38. The summed E-state index contributed by atoms with van der Waals surface area (Å²) in [6.07, 6.45) is -3.14. The van der Waals surface area contributed by atoms with Gasteiger partial charge in [-0.05, 0) is 13.3 Å². The lowest BCUT2D eigenvalue weighted by Crippen LogP contribution is -2.41. The molecule has 0 saturated carbocycles. The molecule has 0 aliphatic carbocycles. The van der Waals surface area contributed by atoms with E-state index in [4.69, 9.17) is 5.73 Å². The fraction of sp³-hybridized carbons (Fsp3) is 0.636. The monoisotopic (exact) mass is 295 g/mol. The van der Waals surface area contributed by atoms with Crippen molar-refractivity contribution in [1.82, 2.24) is 9.97 Å². The van der Waals surface area contributed by atoms with E-state index >= 15 is 0 Å². The summed E-state index contributed by atoms with van der Waals surface area (Å²) in [5, 5.41) is -1.84. The van der Waals surface area contributed by atoms with Crippen LogP contribution in [0.3, 0.4) is 0 Å². The van der Waals surface area contributed by atoms with Gasteiger partial charge in [-0.25, -0.2) is 4.98 Å². The quantitative estimate of drug-likeness (QED) is 0.644. The molecule has 0 bridgehead atoms. The van der Waals surface area contributed by atoms with Crippen molar-refractivity contribution < 1.29 is 13.2 Å². The number of alkyl halides is 3. The summed E-state index contributed by atoms with van der Waals surface area (Å²) >= 11 is 0.441. The van der Waals surface area contributed by atoms with Crippen molar-refractivity contribution >= 4 is 11.8 Å². The zero-order valence-corrected chi connectivity index (χ0v) is 11.4. The van der Waals surface area contributed by atoms with E-state index in [0.29, 0.717) is 23.9 Å². The average Bonchev–Trinajstić information content (AvgIpc) is 2.23. The Morgan fingerprint density at radius 2 is 2.16 bits per heavy atom. The maximum Gasteiger partial charge on any atom is 0.402 e. The van der Waals surface area contributed by atoms with E-state index in [1.165, 1.54) is 13.0 Å². The molecule has 1 rings (SSSR count). The molecule has 1 aromatic rings. The van der Waals surface area contributed by atoms with Crippen LogP contribution in [0.5, 0.6) is 0 Å². The highest BCUT2D eigenvalue weighted by Gasteiger charge is 2.43. The van der Waals surface area contributed by atoms with Gasteiger partial charge in [0.05, 0.1) is 0 Å². The third-order valence-corrected chi connectivity index (χ3v) is 3.68. The molecule has 0 saturated heterocycles. The van der Waals surface area contributed by atoms with Crippen molar-refractivity contribution in [2.24, 2.45) is 5.73 Å². The molecule has 3 N–H and O–H groups in total. The molecule has 2 atom stereocenters. The predicted molar refractivity (Wildman–Crippen MR) is 68.2 cm³/mol. The highest BCUT2D eigenvalue weighted by Crippen LogP contribution is 2.34. The lowest BCUT2D eigenvalue weighted by Gasteiger charge is -2.22. The molecule has 108 valence electrons. The van der Waals surface area contributed by atoms with Gasteiger partial charge in [0.25, 0.3) is 5.56 Å². The number of aromatic nitrogens is 2. The minimum absolute atomic E-state index is 0.0458. The van der Waals surface area contributed by atoms with Crippen LogP contribution < -0.4 is 11.3 Å². The van der Waals surface area contributed by atoms with Crippen molar-refractivity contribution in [1.29, 1.82) is 0 Å². The van der Waals surface area contributed by atoms with Crippen LogP contribution in [0.1, 0.15) is 26.0 Å². The number of hydrogen-bond acceptors (Lipinski definition) is 4. The van der Waals surface area contributed by atoms with Crippen LogP contribution in [0.15, 0.2) is 16.0 Å². The standard InChI is InChI=1S/C11H16F3N3OS/c1-3-4-7-5-8(18)17-10(16-7)19-9(6(2)15)11(12,13)14/h5-6,9H,3-4,15H2,1-2H3,(H,16,17,18). The Kier molecular flexibility index (Phi) is 5.42. The van der Waals surface area contributed by atoms with E-state index < -0.39 is 23.0 Å². The van der Waals surface area contributed by atoms with Gasteiger partial charge in [-0.3, -0.25) is 4.79 Å². The lowest BCUT2D eigenvalue weighted by atomic mass is 10.2. The number of H-pyrrole nitrogens is 1. The first-order chi connectivity index (χ1) is 8.74. The first kappa shape index (κ1) is 16.0. The second-order valence-corrected chi connectivity index (χ2v) is 5.36. The van der Waals surface area contributed by atoms with Gasteiger partial charge in [0.15, 0.2) is 5.16 Å². The Balaban J connectivity index is 3.00. The van der Waals surface area contributed by atoms with E-state index in [9.17, 15) is 18.0 Å². The number of halogens is 3. The third-order valence-electron chi connectivity index (χ3n) is 2.32. The molecule has 8 heteroatoms. The first-order valence-corrected chi connectivity index (χ1v) is 6.71. The van der Waals surface area contributed by atoms with Crippen molar-refractivity contribution in [2.75, 3.05) is 0 Å². The largest absolute Gasteiger partial charge is 0.402 e. The predicted octanol–water partition coefficient (Wildman–Crippen LogP) is 2.09. The molecule has 0 aromatic carbocycles. The number of aryl methyl sites for hydroxylation is 1. The van der Waals surface area contributed by atoms with Crippen LogP contribution in [0.25, 0.3) is 0 Å². The van der Waals surface area contributed by atoms with Gasteiger partial charge in [0, 0.05) is 17.8 Å². The number of nitrogens with two attached hydrogens (primary N) is 1. The SMILES string of the molecule is CCCc1cc(=O)[nH]c(SC(C(C)N)C(F)(F)F)n1. The molecule has 0 aliphatic rings. The summed E-state index contributed by atoms with van der Waals surface area (Å²) in [5.74, 6) is 0. The Bertz CT molecular complexity index is 473. The minimum atomic E-state index is -4.45. The van der Waals surface area contributed by atoms with Crippen molar-refractivity contribution in [2.45, 2.75) is 49.3 Å². The highest BCUT2D eigenvalue weighted by molar-refractivity contribution is 7.99. The maximum atomic E-state index is 12.8. The van der Waals surface area contributed by atoms with Gasteiger partial charge < -0.3 is 10.7 Å². The fourth-order valence-electron chi connectivity index (χ4n) is 1.52. The van der Waals surface area contributed by atoms with Crippen LogP contribution >= 0.6 is 11.8 Å². The van der Waals surface area contributed by atoms with Crippen LogP contribution in [0, 0.1) is 0 Å². The first-order valence-electron chi connectivity index (χ1n) is 5.83. The van der Waals surface area contributed by atoms with Crippen molar-refractivity contribution in [3.05, 3.63) is 22.1 Å². The molecule has 2 unspecified atom stereocenters. The second-order valence-electron chi connectivity index (χ2n) is 4.23. The summed E-state index contributed by atoms with van der Waals surface area (Å²) in [6.45, 7) is 3.18. The number of nitrogens with zero attached hydrogens (tertiary/aromatic N) is 1. The fourth-order valence-corrected chi connectivity index (χ4v) is 2.43. The number of aromatic amines is 1. The summed E-state index contributed by atoms with van der Waals surface area (Å²) < 4.78 is 38.4. The molecule has 4 nitrogen and oxygen atoms in total. The summed E-state index contributed by atoms with van der Waals surface area (Å²) in [7, 11) is 0. The van der Waals surface area contributed by atoms with Crippen molar-refractivity contribution in [3.63, 3.8) is 0 Å². The van der Waals surface area contributed by atoms with E-state index in [-0.39, 0.29) is 5.16 Å². The van der Waals surface area contributed by atoms with Gasteiger partial charge in [0.2, 0.25) is 0 Å². The average molecular weight is 295 g/mol. The number of hydrogen-bond donors (Lipinski definition) is 2. The molecule has 1 heterocycles. The number of rotatable bonds is 5. The Hall–Kier alpha value is -1.02. The summed E-state index contributed by atoms with van der Waals surface area (Å²) in [4.78, 5) is 17.7. The molecule has 0 aliphatic heterocycles. The Morgan fingerprint density at radius 1 is 1.53 bits per heavy atom. The van der Waals surface area contributed by atoms with Gasteiger partial charge >= 0.3 is 6.18 Å². The van der Waals surface area contributed by atoms with Gasteiger partial charge in [-0.2, -0.15) is 13.2 Å². The Labute approximate surface area is 113 Å². The molecule has 0 radical (unpaired) electrons. The molecular weight excluding hydrogens is 279 g/mol. The van der Waals surface area contributed by atoms with Gasteiger partial charge in [0.1, 0.15) is 5.25 Å². The maximum absolute atomic E-state index is 12.8. The zero-order valence-electron chi connectivity index (χ0n) is 10.6. The zero-order chi connectivity index (χ0) is 14.6. The molecule has 0 spiro atoms. The van der Waals surface area contributed by atoms with E-state index in [0.717, 1.165) is 6.42 Å². The molecule has 0 fully saturated rings. The van der Waals surface area contributed by atoms with E-state index in [2.05, 4.69) is 9.97 Å². The normalized spacial score (nSPS) is 15.3. The molecule has 0 amide bonds. The Morgan fingerprint density at radius 3 is 2.63 bits per heavy atom. The van der Waals surface area contributed by atoms with Gasteiger partial charge in [-0.15, -0.1) is 0 Å². The van der Waals surface area contributed by atoms with E-state index in [1.807, 2.05) is 6.92 Å². The van der Waals surface area contributed by atoms with Gasteiger partial charge in [-0.1, -0.05) is 25.1 Å². The van der Waals surface area contributed by atoms with Crippen molar-refractivity contribution in [3.8, 4) is 0 Å². The molecular formula is C11H16F3N3OS. The highest BCUT2D eigenvalue weighted by atomic mass is 32.2. The summed E-state index contributed by atoms with van der Waals surface area (Å²) in [6, 6.07) is 0.201. The third kappa shape index (κ3) is 4.87. The minimum Gasteiger partial charge on any atom is -0.327 e.